The highest BCUT2D eigenvalue weighted by molar-refractivity contribution is 9.10. The summed E-state index contributed by atoms with van der Waals surface area (Å²) in [5.74, 6) is -1.29. The van der Waals surface area contributed by atoms with Crippen LogP contribution in [0.5, 0.6) is 0 Å². The highest BCUT2D eigenvalue weighted by atomic mass is 79.9. The fraction of sp³-hybridized carbons (Fsp3) is 0.143. The fourth-order valence-corrected chi connectivity index (χ4v) is 2.28. The maximum absolute atomic E-state index is 13.8. The molecule has 2 aromatic rings. The monoisotopic (exact) mass is 311 g/mol. The maximum Gasteiger partial charge on any atom is 0.132 e. The Hall–Kier alpha value is -1.26. The molecule has 0 heterocycles. The summed E-state index contributed by atoms with van der Waals surface area (Å²) in [5, 5.41) is 0. The van der Waals surface area contributed by atoms with Gasteiger partial charge in [-0.1, -0.05) is 45.8 Å². The number of rotatable bonds is 2. The molecule has 1 nitrogen and oxygen atoms in total. The molecule has 2 N–H and O–H groups in total. The van der Waals surface area contributed by atoms with Crippen LogP contribution in [0.4, 0.5) is 8.78 Å². The van der Waals surface area contributed by atoms with Crippen LogP contribution >= 0.6 is 15.9 Å². The van der Waals surface area contributed by atoms with Crippen molar-refractivity contribution in [2.45, 2.75) is 13.0 Å². The quantitative estimate of drug-likeness (QED) is 0.888. The Balaban J connectivity index is 2.49. The van der Waals surface area contributed by atoms with Crippen LogP contribution in [0.3, 0.4) is 0 Å². The summed E-state index contributed by atoms with van der Waals surface area (Å²) in [6.07, 6.45) is 0. The number of nitrogens with two attached hydrogens (primary N) is 1. The second-order valence-corrected chi connectivity index (χ2v) is 5.09. The third kappa shape index (κ3) is 2.60. The molecule has 18 heavy (non-hydrogen) atoms. The van der Waals surface area contributed by atoms with E-state index < -0.39 is 17.7 Å². The van der Waals surface area contributed by atoms with Crippen LogP contribution in [0.25, 0.3) is 0 Å². The van der Waals surface area contributed by atoms with Gasteiger partial charge in [0.05, 0.1) is 6.04 Å². The largest absolute Gasteiger partial charge is 0.320 e. The first-order valence-electron chi connectivity index (χ1n) is 5.45. The van der Waals surface area contributed by atoms with Gasteiger partial charge in [-0.2, -0.15) is 0 Å². The second kappa shape index (κ2) is 5.16. The highest BCUT2D eigenvalue weighted by Crippen LogP contribution is 2.28. The predicted octanol–water partition coefficient (Wildman–Crippen LogP) is 4.08. The smallest absolute Gasteiger partial charge is 0.132 e. The van der Waals surface area contributed by atoms with E-state index in [4.69, 9.17) is 5.73 Å². The fourth-order valence-electron chi connectivity index (χ4n) is 1.88. The Morgan fingerprint density at radius 3 is 2.28 bits per heavy atom. The van der Waals surface area contributed by atoms with Gasteiger partial charge in [-0.25, -0.2) is 8.78 Å². The minimum absolute atomic E-state index is 0.108. The summed E-state index contributed by atoms with van der Waals surface area (Å²) >= 11 is 3.04. The molecule has 1 unspecified atom stereocenters. The van der Waals surface area contributed by atoms with Gasteiger partial charge in [-0.05, 0) is 24.6 Å². The van der Waals surface area contributed by atoms with Crippen molar-refractivity contribution >= 4 is 15.9 Å². The Labute approximate surface area is 113 Å². The molecular formula is C14H12BrF2N. The van der Waals surface area contributed by atoms with E-state index in [9.17, 15) is 8.78 Å². The molecule has 0 saturated heterocycles. The van der Waals surface area contributed by atoms with Crippen molar-refractivity contribution in [1.82, 2.24) is 0 Å². The molecule has 0 aliphatic heterocycles. The first kappa shape index (κ1) is 13.2. The van der Waals surface area contributed by atoms with Gasteiger partial charge < -0.3 is 5.73 Å². The van der Waals surface area contributed by atoms with E-state index in [1.807, 2.05) is 25.1 Å². The zero-order valence-electron chi connectivity index (χ0n) is 9.75. The Kier molecular flexibility index (Phi) is 3.78. The van der Waals surface area contributed by atoms with Crippen molar-refractivity contribution in [3.05, 3.63) is 69.2 Å². The Bertz CT molecular complexity index is 561. The van der Waals surface area contributed by atoms with Gasteiger partial charge in [-0.3, -0.25) is 0 Å². The standard InChI is InChI=1S/C14H12BrF2N/c1-8-3-2-4-9(5-8)14(18)13-11(16)6-10(15)7-12(13)17/h2-7,14H,18H2,1H3. The second-order valence-electron chi connectivity index (χ2n) is 4.17. The molecular weight excluding hydrogens is 300 g/mol. The summed E-state index contributed by atoms with van der Waals surface area (Å²) in [7, 11) is 0. The van der Waals surface area contributed by atoms with Crippen LogP contribution in [0, 0.1) is 18.6 Å². The summed E-state index contributed by atoms with van der Waals surface area (Å²) in [6.45, 7) is 1.91. The van der Waals surface area contributed by atoms with E-state index >= 15 is 0 Å². The lowest BCUT2D eigenvalue weighted by Crippen LogP contribution is -2.15. The number of halogens is 3. The van der Waals surface area contributed by atoms with Gasteiger partial charge in [-0.15, -0.1) is 0 Å². The number of hydrogen-bond acceptors (Lipinski definition) is 1. The summed E-state index contributed by atoms with van der Waals surface area (Å²) in [6, 6.07) is 8.94. The van der Waals surface area contributed by atoms with Crippen molar-refractivity contribution in [2.75, 3.05) is 0 Å². The van der Waals surface area contributed by atoms with Crippen molar-refractivity contribution in [3.8, 4) is 0 Å². The van der Waals surface area contributed by atoms with Crippen molar-refractivity contribution in [2.24, 2.45) is 5.73 Å². The molecule has 0 bridgehead atoms. The lowest BCUT2D eigenvalue weighted by Gasteiger charge is -2.15. The van der Waals surface area contributed by atoms with Gasteiger partial charge in [0.15, 0.2) is 0 Å². The molecule has 0 radical (unpaired) electrons. The molecule has 0 fully saturated rings. The average molecular weight is 312 g/mol. The minimum Gasteiger partial charge on any atom is -0.320 e. The zero-order valence-corrected chi connectivity index (χ0v) is 11.3. The van der Waals surface area contributed by atoms with Crippen molar-refractivity contribution in [3.63, 3.8) is 0 Å². The van der Waals surface area contributed by atoms with Crippen LogP contribution in [-0.2, 0) is 0 Å². The van der Waals surface area contributed by atoms with Crippen molar-refractivity contribution < 1.29 is 8.78 Å². The number of aryl methyl sites for hydroxylation is 1. The van der Waals surface area contributed by atoms with Crippen LogP contribution in [0.15, 0.2) is 40.9 Å². The van der Waals surface area contributed by atoms with Gasteiger partial charge in [0.1, 0.15) is 11.6 Å². The van der Waals surface area contributed by atoms with Crippen LogP contribution in [-0.4, -0.2) is 0 Å². The molecule has 2 rings (SSSR count). The molecule has 0 spiro atoms. The molecule has 2 aromatic carbocycles. The van der Waals surface area contributed by atoms with Gasteiger partial charge in [0.2, 0.25) is 0 Å². The van der Waals surface area contributed by atoms with E-state index in [0.717, 1.165) is 5.56 Å². The van der Waals surface area contributed by atoms with E-state index in [2.05, 4.69) is 15.9 Å². The summed E-state index contributed by atoms with van der Waals surface area (Å²) in [4.78, 5) is 0. The van der Waals surface area contributed by atoms with Gasteiger partial charge in [0.25, 0.3) is 0 Å². The third-order valence-corrected chi connectivity index (χ3v) is 3.21. The average Bonchev–Trinajstić information content (AvgIpc) is 2.27. The first-order valence-corrected chi connectivity index (χ1v) is 6.25. The summed E-state index contributed by atoms with van der Waals surface area (Å²) < 4.78 is 28.0. The van der Waals surface area contributed by atoms with Crippen molar-refractivity contribution in [1.29, 1.82) is 0 Å². The van der Waals surface area contributed by atoms with Crippen LogP contribution in [0.1, 0.15) is 22.7 Å². The summed E-state index contributed by atoms with van der Waals surface area (Å²) in [5.41, 5.74) is 7.52. The third-order valence-electron chi connectivity index (χ3n) is 2.76. The normalized spacial score (nSPS) is 12.5. The SMILES string of the molecule is Cc1cccc(C(N)c2c(F)cc(Br)cc2F)c1. The molecule has 1 atom stereocenters. The molecule has 0 aliphatic carbocycles. The molecule has 4 heteroatoms. The number of hydrogen-bond donors (Lipinski definition) is 1. The number of benzene rings is 2. The Morgan fingerprint density at radius 1 is 1.11 bits per heavy atom. The van der Waals surface area contributed by atoms with Crippen LogP contribution in [0.2, 0.25) is 0 Å². The first-order chi connectivity index (χ1) is 8.49. The zero-order chi connectivity index (χ0) is 13.3. The minimum atomic E-state index is -0.807. The lowest BCUT2D eigenvalue weighted by atomic mass is 9.97. The predicted molar refractivity (Wildman–Crippen MR) is 71.3 cm³/mol. The maximum atomic E-state index is 13.8. The molecule has 0 amide bonds. The van der Waals surface area contributed by atoms with E-state index in [1.165, 1.54) is 12.1 Å². The molecule has 0 aliphatic rings. The van der Waals surface area contributed by atoms with E-state index in [-0.39, 0.29) is 5.56 Å². The Morgan fingerprint density at radius 2 is 1.72 bits per heavy atom. The molecule has 0 aromatic heterocycles. The van der Waals surface area contributed by atoms with Gasteiger partial charge >= 0.3 is 0 Å². The lowest BCUT2D eigenvalue weighted by molar-refractivity contribution is 0.542. The van der Waals surface area contributed by atoms with E-state index in [1.54, 1.807) is 6.07 Å². The van der Waals surface area contributed by atoms with Crippen LogP contribution < -0.4 is 5.73 Å². The molecule has 94 valence electrons. The highest BCUT2D eigenvalue weighted by Gasteiger charge is 2.19. The topological polar surface area (TPSA) is 26.0 Å². The molecule has 0 saturated carbocycles. The van der Waals surface area contributed by atoms with Gasteiger partial charge in [0, 0.05) is 10.0 Å². The van der Waals surface area contributed by atoms with E-state index in [0.29, 0.717) is 10.0 Å².